The first kappa shape index (κ1) is 17.5. The topological polar surface area (TPSA) is 66.5 Å². The minimum atomic E-state index is -3.57. The van der Waals surface area contributed by atoms with Gasteiger partial charge in [0.15, 0.2) is 5.78 Å². The van der Waals surface area contributed by atoms with Crippen molar-refractivity contribution in [2.45, 2.75) is 4.90 Å². The number of benzene rings is 2. The maximum Gasteiger partial charge on any atom is 0.243 e. The van der Waals surface area contributed by atoms with Crippen molar-refractivity contribution in [3.8, 4) is 0 Å². The fourth-order valence-corrected chi connectivity index (χ4v) is 4.37. The largest absolute Gasteiger partial charge is 0.314 e. The molecule has 1 aliphatic heterocycles. The number of nitrogens with one attached hydrogen (secondary N) is 1. The van der Waals surface area contributed by atoms with Gasteiger partial charge in [-0.15, -0.1) is 0 Å². The molecule has 0 atom stereocenters. The van der Waals surface area contributed by atoms with E-state index in [1.165, 1.54) is 10.4 Å². The summed E-state index contributed by atoms with van der Waals surface area (Å²) >= 11 is 0. The molecule has 1 heterocycles. The van der Waals surface area contributed by atoms with E-state index >= 15 is 0 Å². The summed E-state index contributed by atoms with van der Waals surface area (Å²) in [6, 6.07) is 15.7. The fourth-order valence-electron chi connectivity index (χ4n) is 2.74. The average molecular weight is 356 g/mol. The summed E-state index contributed by atoms with van der Waals surface area (Å²) in [7, 11) is -3.57. The van der Waals surface area contributed by atoms with Crippen molar-refractivity contribution in [2.24, 2.45) is 0 Å². The van der Waals surface area contributed by atoms with Crippen LogP contribution in [-0.2, 0) is 10.0 Å². The summed E-state index contributed by atoms with van der Waals surface area (Å²) in [4.78, 5) is 12.5. The summed E-state index contributed by atoms with van der Waals surface area (Å²) in [6.45, 7) is 2.18. The first-order valence-electron chi connectivity index (χ1n) is 8.16. The minimum Gasteiger partial charge on any atom is -0.314 e. The molecule has 0 spiro atoms. The normalized spacial score (nSPS) is 16.2. The van der Waals surface area contributed by atoms with Gasteiger partial charge in [0.1, 0.15) is 0 Å². The maximum absolute atomic E-state index is 12.9. The van der Waals surface area contributed by atoms with Crippen LogP contribution in [0.25, 0.3) is 6.08 Å². The Bertz CT molecular complexity index is 871. The van der Waals surface area contributed by atoms with Crippen molar-refractivity contribution in [3.63, 3.8) is 0 Å². The number of ketones is 1. The van der Waals surface area contributed by atoms with E-state index in [4.69, 9.17) is 0 Å². The zero-order valence-corrected chi connectivity index (χ0v) is 14.6. The molecule has 130 valence electrons. The molecule has 1 N–H and O–H groups in total. The molecule has 25 heavy (non-hydrogen) atoms. The third kappa shape index (κ3) is 4.04. The van der Waals surface area contributed by atoms with Gasteiger partial charge in [0.25, 0.3) is 0 Å². The van der Waals surface area contributed by atoms with Crippen LogP contribution in [0.2, 0.25) is 0 Å². The maximum atomic E-state index is 12.9. The zero-order valence-electron chi connectivity index (χ0n) is 13.8. The van der Waals surface area contributed by atoms with Crippen LogP contribution in [0.5, 0.6) is 0 Å². The van der Waals surface area contributed by atoms with Crippen LogP contribution in [0.15, 0.2) is 65.6 Å². The predicted octanol–water partition coefficient (Wildman–Crippen LogP) is 2.18. The lowest BCUT2D eigenvalue weighted by molar-refractivity contribution is 0.104. The van der Waals surface area contributed by atoms with Crippen molar-refractivity contribution in [2.75, 3.05) is 26.2 Å². The van der Waals surface area contributed by atoms with Gasteiger partial charge < -0.3 is 5.32 Å². The van der Waals surface area contributed by atoms with E-state index in [-0.39, 0.29) is 10.7 Å². The number of carbonyl (C=O) groups is 1. The van der Waals surface area contributed by atoms with Gasteiger partial charge in [-0.25, -0.2) is 8.42 Å². The molecule has 6 heteroatoms. The average Bonchev–Trinajstić information content (AvgIpc) is 2.67. The molecule has 2 aromatic rings. The number of nitrogens with zero attached hydrogens (tertiary/aromatic N) is 1. The number of allylic oxidation sites excluding steroid dienone is 1. The van der Waals surface area contributed by atoms with E-state index in [0.717, 1.165) is 0 Å². The first-order valence-corrected chi connectivity index (χ1v) is 9.60. The lowest BCUT2D eigenvalue weighted by Crippen LogP contribution is -2.46. The van der Waals surface area contributed by atoms with Crippen molar-refractivity contribution in [1.82, 2.24) is 9.62 Å². The van der Waals surface area contributed by atoms with Crippen LogP contribution < -0.4 is 5.32 Å². The summed E-state index contributed by atoms with van der Waals surface area (Å²) in [5, 5.41) is 3.15. The quantitative estimate of drug-likeness (QED) is 0.659. The lowest BCUT2D eigenvalue weighted by Gasteiger charge is -2.27. The van der Waals surface area contributed by atoms with E-state index < -0.39 is 10.0 Å². The van der Waals surface area contributed by atoms with Crippen molar-refractivity contribution in [3.05, 3.63) is 71.8 Å². The molecule has 1 aliphatic rings. The molecule has 0 aliphatic carbocycles. The zero-order chi connectivity index (χ0) is 17.7. The highest BCUT2D eigenvalue weighted by Gasteiger charge is 2.27. The number of rotatable bonds is 5. The molecular formula is C19H20N2O3S. The Morgan fingerprint density at radius 1 is 0.960 bits per heavy atom. The molecular weight excluding hydrogens is 336 g/mol. The van der Waals surface area contributed by atoms with Gasteiger partial charge in [-0.3, -0.25) is 4.79 Å². The summed E-state index contributed by atoms with van der Waals surface area (Å²) in [6.07, 6.45) is 2.99. The van der Waals surface area contributed by atoms with E-state index in [9.17, 15) is 13.2 Å². The molecule has 0 saturated carbocycles. The first-order chi connectivity index (χ1) is 12.1. The van der Waals surface area contributed by atoms with E-state index in [1.807, 2.05) is 6.07 Å². The smallest absolute Gasteiger partial charge is 0.243 e. The van der Waals surface area contributed by atoms with Gasteiger partial charge in [-0.2, -0.15) is 4.31 Å². The number of sulfonamides is 1. The molecule has 0 amide bonds. The molecule has 5 nitrogen and oxygen atoms in total. The lowest BCUT2D eigenvalue weighted by atomic mass is 10.1. The van der Waals surface area contributed by atoms with Gasteiger partial charge in [-0.1, -0.05) is 48.5 Å². The Labute approximate surface area is 148 Å². The van der Waals surface area contributed by atoms with Gasteiger partial charge in [-0.05, 0) is 23.8 Å². The van der Waals surface area contributed by atoms with E-state index in [2.05, 4.69) is 5.32 Å². The van der Waals surface area contributed by atoms with Gasteiger partial charge in [0.2, 0.25) is 10.0 Å². The Morgan fingerprint density at radius 2 is 1.60 bits per heavy atom. The molecule has 1 fully saturated rings. The number of carbonyl (C=O) groups excluding carboxylic acids is 1. The van der Waals surface area contributed by atoms with Crippen molar-refractivity contribution >= 4 is 21.9 Å². The monoisotopic (exact) mass is 356 g/mol. The van der Waals surface area contributed by atoms with Crippen molar-refractivity contribution in [1.29, 1.82) is 0 Å². The Kier molecular flexibility index (Phi) is 5.43. The second-order valence-electron chi connectivity index (χ2n) is 5.76. The predicted molar refractivity (Wildman–Crippen MR) is 97.9 cm³/mol. The SMILES string of the molecule is O=C(C=Cc1ccccc1S(=O)(=O)N1CCNCC1)c1ccccc1. The molecule has 3 rings (SSSR count). The van der Waals surface area contributed by atoms with E-state index in [0.29, 0.717) is 37.3 Å². The van der Waals surface area contributed by atoms with Crippen LogP contribution in [0, 0.1) is 0 Å². The Morgan fingerprint density at radius 3 is 2.32 bits per heavy atom. The third-order valence-corrected chi connectivity index (χ3v) is 6.06. The molecule has 0 unspecified atom stereocenters. The standard InChI is InChI=1S/C19H20N2O3S/c22-18(16-6-2-1-3-7-16)11-10-17-8-4-5-9-19(17)25(23,24)21-14-12-20-13-15-21/h1-11,20H,12-15H2. The number of hydrogen-bond donors (Lipinski definition) is 1. The molecule has 0 bridgehead atoms. The highest BCUT2D eigenvalue weighted by Crippen LogP contribution is 2.22. The highest BCUT2D eigenvalue weighted by molar-refractivity contribution is 7.89. The summed E-state index contributed by atoms with van der Waals surface area (Å²) < 4.78 is 27.3. The van der Waals surface area contributed by atoms with Crippen molar-refractivity contribution < 1.29 is 13.2 Å². The molecule has 0 aromatic heterocycles. The highest BCUT2D eigenvalue weighted by atomic mass is 32.2. The third-order valence-electron chi connectivity index (χ3n) is 4.09. The molecule has 0 radical (unpaired) electrons. The molecule has 1 saturated heterocycles. The Balaban J connectivity index is 1.88. The van der Waals surface area contributed by atoms with Crippen LogP contribution in [-0.4, -0.2) is 44.7 Å². The summed E-state index contributed by atoms with van der Waals surface area (Å²) in [5.41, 5.74) is 1.09. The number of hydrogen-bond acceptors (Lipinski definition) is 4. The Hall–Kier alpha value is -2.28. The van der Waals surface area contributed by atoms with Crippen LogP contribution in [0.4, 0.5) is 0 Å². The molecule has 2 aromatic carbocycles. The van der Waals surface area contributed by atoms with Crippen LogP contribution in [0.1, 0.15) is 15.9 Å². The van der Waals surface area contributed by atoms with Gasteiger partial charge in [0, 0.05) is 31.7 Å². The number of piperazine rings is 1. The van der Waals surface area contributed by atoms with Crippen LogP contribution in [0.3, 0.4) is 0 Å². The second-order valence-corrected chi connectivity index (χ2v) is 7.66. The van der Waals surface area contributed by atoms with Crippen LogP contribution >= 0.6 is 0 Å². The summed E-state index contributed by atoms with van der Waals surface area (Å²) in [5.74, 6) is -0.157. The van der Waals surface area contributed by atoms with Gasteiger partial charge >= 0.3 is 0 Å². The van der Waals surface area contributed by atoms with E-state index in [1.54, 1.807) is 54.6 Å². The fraction of sp³-hybridized carbons (Fsp3) is 0.211. The van der Waals surface area contributed by atoms with Gasteiger partial charge in [0.05, 0.1) is 4.90 Å². The minimum absolute atomic E-state index is 0.157. The second kappa shape index (κ2) is 7.74.